The first-order chi connectivity index (χ1) is 15.2. The van der Waals surface area contributed by atoms with Crippen molar-refractivity contribution in [1.82, 2.24) is 4.72 Å². The maximum atomic E-state index is 12.5. The van der Waals surface area contributed by atoms with E-state index in [-0.39, 0.29) is 11.4 Å². The van der Waals surface area contributed by atoms with Gasteiger partial charge in [0.15, 0.2) is 6.10 Å². The number of carbonyl (C=O) groups excluding carboxylic acids is 1. The monoisotopic (exact) mass is 492 g/mol. The van der Waals surface area contributed by atoms with Gasteiger partial charge in [0, 0.05) is 17.3 Å². The molecule has 0 saturated heterocycles. The molecule has 0 spiro atoms. The van der Waals surface area contributed by atoms with Gasteiger partial charge in [0.2, 0.25) is 10.0 Å². The van der Waals surface area contributed by atoms with Crippen molar-refractivity contribution in [2.45, 2.75) is 24.3 Å². The van der Waals surface area contributed by atoms with E-state index < -0.39 is 22.0 Å². The number of sulfonamides is 1. The number of rotatable bonds is 9. The van der Waals surface area contributed by atoms with Crippen LogP contribution in [0.25, 0.3) is 0 Å². The predicted molar refractivity (Wildman–Crippen MR) is 127 cm³/mol. The van der Waals surface area contributed by atoms with Gasteiger partial charge in [0.1, 0.15) is 5.75 Å². The lowest BCUT2D eigenvalue weighted by Crippen LogP contribution is -2.30. The predicted octanol–water partition coefficient (Wildman–Crippen LogP) is 4.92. The Morgan fingerprint density at radius 3 is 2.34 bits per heavy atom. The highest BCUT2D eigenvalue weighted by Gasteiger charge is 2.18. The number of nitrogens with one attached hydrogen (secondary N) is 2. The second kappa shape index (κ2) is 10.8. The molecule has 0 heterocycles. The number of amides is 1. The molecule has 3 rings (SSSR count). The van der Waals surface area contributed by atoms with Crippen LogP contribution in [0.2, 0.25) is 10.0 Å². The van der Waals surface area contributed by atoms with Crippen LogP contribution >= 0.6 is 23.2 Å². The second-order valence-corrected chi connectivity index (χ2v) is 9.59. The Balaban J connectivity index is 1.55. The standard InChI is InChI=1S/C23H22Cl2N2O4S/c1-16(31-22-12-7-18(24)15-21(22)25)23(28)27-19-8-10-20(11-9-19)32(29,30)26-14-13-17-5-3-2-4-6-17/h2-12,15-16,26H,13-14H2,1H3,(H,27,28). The third-order valence-electron chi connectivity index (χ3n) is 4.55. The van der Waals surface area contributed by atoms with Crippen molar-refractivity contribution in [1.29, 1.82) is 0 Å². The normalized spacial score (nSPS) is 12.2. The number of ether oxygens (including phenoxy) is 1. The van der Waals surface area contributed by atoms with Gasteiger partial charge in [0.05, 0.1) is 9.92 Å². The molecule has 0 fully saturated rings. The fraction of sp³-hybridized carbons (Fsp3) is 0.174. The molecule has 6 nitrogen and oxygen atoms in total. The van der Waals surface area contributed by atoms with Crippen LogP contribution in [0.1, 0.15) is 12.5 Å². The number of carbonyl (C=O) groups is 1. The summed E-state index contributed by atoms with van der Waals surface area (Å²) >= 11 is 11.9. The number of halogens is 2. The Labute approximate surface area is 197 Å². The molecule has 3 aromatic rings. The smallest absolute Gasteiger partial charge is 0.265 e. The van der Waals surface area contributed by atoms with Crippen LogP contribution in [0.5, 0.6) is 5.75 Å². The molecule has 2 N–H and O–H groups in total. The first kappa shape index (κ1) is 24.1. The molecule has 0 aliphatic rings. The molecule has 1 amide bonds. The zero-order valence-corrected chi connectivity index (χ0v) is 19.5. The Morgan fingerprint density at radius 1 is 1.00 bits per heavy atom. The first-order valence-corrected chi connectivity index (χ1v) is 12.0. The van der Waals surface area contributed by atoms with E-state index in [1.165, 1.54) is 30.3 Å². The highest BCUT2D eigenvalue weighted by atomic mass is 35.5. The van der Waals surface area contributed by atoms with E-state index >= 15 is 0 Å². The fourth-order valence-corrected chi connectivity index (χ4v) is 4.32. The Hall–Kier alpha value is -2.58. The lowest BCUT2D eigenvalue weighted by molar-refractivity contribution is -0.122. The summed E-state index contributed by atoms with van der Waals surface area (Å²) in [7, 11) is -3.65. The molecule has 0 bridgehead atoms. The molecule has 1 unspecified atom stereocenters. The van der Waals surface area contributed by atoms with E-state index in [2.05, 4.69) is 10.0 Å². The van der Waals surface area contributed by atoms with E-state index in [4.69, 9.17) is 27.9 Å². The molecule has 0 aliphatic carbocycles. The third kappa shape index (κ3) is 6.71. The quantitative estimate of drug-likeness (QED) is 0.443. The van der Waals surface area contributed by atoms with Gasteiger partial charge in [-0.25, -0.2) is 13.1 Å². The van der Waals surface area contributed by atoms with Gasteiger partial charge >= 0.3 is 0 Å². The average molecular weight is 493 g/mol. The summed E-state index contributed by atoms with van der Waals surface area (Å²) in [4.78, 5) is 12.5. The van der Waals surface area contributed by atoms with Crippen LogP contribution in [-0.4, -0.2) is 27.0 Å². The minimum absolute atomic E-state index is 0.112. The summed E-state index contributed by atoms with van der Waals surface area (Å²) in [5.41, 5.74) is 1.49. The van der Waals surface area contributed by atoms with Crippen LogP contribution in [-0.2, 0) is 21.2 Å². The van der Waals surface area contributed by atoms with Crippen molar-refractivity contribution < 1.29 is 17.9 Å². The highest BCUT2D eigenvalue weighted by molar-refractivity contribution is 7.89. The fourth-order valence-electron chi connectivity index (χ4n) is 2.83. The molecule has 0 saturated carbocycles. The summed E-state index contributed by atoms with van der Waals surface area (Å²) in [6.07, 6.45) is -0.249. The zero-order valence-electron chi connectivity index (χ0n) is 17.2. The van der Waals surface area contributed by atoms with E-state index in [1.807, 2.05) is 30.3 Å². The largest absolute Gasteiger partial charge is 0.479 e. The molecule has 0 radical (unpaired) electrons. The van der Waals surface area contributed by atoms with Gasteiger partial charge in [-0.15, -0.1) is 0 Å². The van der Waals surface area contributed by atoms with Crippen LogP contribution in [0.15, 0.2) is 77.7 Å². The van der Waals surface area contributed by atoms with E-state index in [0.717, 1.165) is 5.56 Å². The van der Waals surface area contributed by atoms with E-state index in [9.17, 15) is 13.2 Å². The second-order valence-electron chi connectivity index (χ2n) is 6.98. The molecule has 3 aromatic carbocycles. The number of hydrogen-bond donors (Lipinski definition) is 2. The molecule has 32 heavy (non-hydrogen) atoms. The summed E-state index contributed by atoms with van der Waals surface area (Å²) < 4.78 is 33.1. The summed E-state index contributed by atoms with van der Waals surface area (Å²) in [6.45, 7) is 1.86. The van der Waals surface area contributed by atoms with Crippen LogP contribution in [0.4, 0.5) is 5.69 Å². The van der Waals surface area contributed by atoms with Gasteiger partial charge in [0.25, 0.3) is 5.91 Å². The summed E-state index contributed by atoms with van der Waals surface area (Å²) in [6, 6.07) is 20.2. The topological polar surface area (TPSA) is 84.5 Å². The number of benzene rings is 3. The minimum atomic E-state index is -3.65. The zero-order chi connectivity index (χ0) is 23.1. The SMILES string of the molecule is CC(Oc1ccc(Cl)cc1Cl)C(=O)Nc1ccc(S(=O)(=O)NCCc2ccccc2)cc1. The maximum absolute atomic E-state index is 12.5. The van der Waals surface area contributed by atoms with Crippen LogP contribution in [0.3, 0.4) is 0 Å². The number of hydrogen-bond acceptors (Lipinski definition) is 4. The lowest BCUT2D eigenvalue weighted by Gasteiger charge is -2.16. The molecular formula is C23H22Cl2N2O4S. The van der Waals surface area contributed by atoms with Crippen molar-refractivity contribution in [2.24, 2.45) is 0 Å². The van der Waals surface area contributed by atoms with Gasteiger partial charge in [-0.05, 0) is 61.4 Å². The Kier molecular flexibility index (Phi) is 8.15. The first-order valence-electron chi connectivity index (χ1n) is 9.81. The van der Waals surface area contributed by atoms with Crippen LogP contribution in [0, 0.1) is 0 Å². The molecule has 0 aromatic heterocycles. The molecule has 168 valence electrons. The molecular weight excluding hydrogens is 471 g/mol. The Bertz CT molecular complexity index is 1170. The van der Waals surface area contributed by atoms with Crippen molar-refractivity contribution in [2.75, 3.05) is 11.9 Å². The van der Waals surface area contributed by atoms with Gasteiger partial charge in [-0.3, -0.25) is 4.79 Å². The van der Waals surface area contributed by atoms with Gasteiger partial charge in [-0.1, -0.05) is 53.5 Å². The van der Waals surface area contributed by atoms with Crippen molar-refractivity contribution >= 4 is 44.8 Å². The maximum Gasteiger partial charge on any atom is 0.265 e. The lowest BCUT2D eigenvalue weighted by atomic mass is 10.2. The van der Waals surface area contributed by atoms with Gasteiger partial charge in [-0.2, -0.15) is 0 Å². The van der Waals surface area contributed by atoms with E-state index in [0.29, 0.717) is 27.9 Å². The van der Waals surface area contributed by atoms with Crippen molar-refractivity contribution in [3.05, 3.63) is 88.4 Å². The summed E-state index contributed by atoms with van der Waals surface area (Å²) in [5, 5.41) is 3.45. The molecule has 9 heteroatoms. The molecule has 0 aliphatic heterocycles. The van der Waals surface area contributed by atoms with Crippen molar-refractivity contribution in [3.63, 3.8) is 0 Å². The molecule has 1 atom stereocenters. The third-order valence-corrected chi connectivity index (χ3v) is 6.56. The number of anilines is 1. The van der Waals surface area contributed by atoms with E-state index in [1.54, 1.807) is 19.1 Å². The average Bonchev–Trinajstić information content (AvgIpc) is 2.76. The Morgan fingerprint density at radius 2 is 1.69 bits per heavy atom. The minimum Gasteiger partial charge on any atom is -0.479 e. The van der Waals surface area contributed by atoms with Gasteiger partial charge < -0.3 is 10.1 Å². The highest BCUT2D eigenvalue weighted by Crippen LogP contribution is 2.28. The summed E-state index contributed by atoms with van der Waals surface area (Å²) in [5.74, 6) is -0.0747. The van der Waals surface area contributed by atoms with Crippen LogP contribution < -0.4 is 14.8 Å². The van der Waals surface area contributed by atoms with Crippen molar-refractivity contribution in [3.8, 4) is 5.75 Å².